The molecule has 0 aromatic heterocycles. The minimum Gasteiger partial charge on any atom is -0.392 e. The number of likely N-dealkylation sites (N-methyl/N-ethyl adjacent to an activating group) is 1. The summed E-state index contributed by atoms with van der Waals surface area (Å²) in [6, 6.07) is 8.07. The number of aliphatic hydroxyl groups is 1. The molecule has 0 aliphatic carbocycles. The summed E-state index contributed by atoms with van der Waals surface area (Å²) in [5.41, 5.74) is 5.66. The van der Waals surface area contributed by atoms with E-state index in [9.17, 15) is 0 Å². The highest BCUT2D eigenvalue weighted by molar-refractivity contribution is 5.21. The first kappa shape index (κ1) is 12.5. The first-order valence-electron chi connectivity index (χ1n) is 6.13. The van der Waals surface area contributed by atoms with Crippen molar-refractivity contribution in [3.63, 3.8) is 0 Å². The second-order valence-corrected chi connectivity index (χ2v) is 4.60. The van der Waals surface area contributed by atoms with Crippen LogP contribution in [-0.4, -0.2) is 48.2 Å². The van der Waals surface area contributed by atoms with Crippen LogP contribution in [0.1, 0.15) is 11.1 Å². The third kappa shape index (κ3) is 3.78. The van der Waals surface area contributed by atoms with Gasteiger partial charge in [-0.25, -0.2) is 5.01 Å². The summed E-state index contributed by atoms with van der Waals surface area (Å²) in [5, 5.41) is 11.2. The fraction of sp³-hybridized carbons (Fsp3) is 0.538. The molecule has 0 bridgehead atoms. The zero-order valence-corrected chi connectivity index (χ0v) is 10.4. The number of rotatable bonds is 4. The quantitative estimate of drug-likeness (QED) is 0.794. The molecule has 1 aliphatic rings. The number of aliphatic hydroxyl groups excluding tert-OH is 1. The Morgan fingerprint density at radius 1 is 1.06 bits per heavy atom. The van der Waals surface area contributed by atoms with Gasteiger partial charge in [-0.15, -0.1) is 0 Å². The van der Waals surface area contributed by atoms with Gasteiger partial charge in [0.2, 0.25) is 0 Å². The SMILES string of the molecule is CN1CCN(NCc2ccc(CO)cc2)CC1. The average molecular weight is 235 g/mol. The molecule has 0 spiro atoms. The zero-order valence-electron chi connectivity index (χ0n) is 10.4. The van der Waals surface area contributed by atoms with E-state index < -0.39 is 0 Å². The van der Waals surface area contributed by atoms with Crippen LogP contribution in [-0.2, 0) is 13.2 Å². The minimum absolute atomic E-state index is 0.117. The Morgan fingerprint density at radius 3 is 2.24 bits per heavy atom. The van der Waals surface area contributed by atoms with Gasteiger partial charge >= 0.3 is 0 Å². The van der Waals surface area contributed by atoms with Crippen molar-refractivity contribution in [3.05, 3.63) is 35.4 Å². The van der Waals surface area contributed by atoms with Crippen LogP contribution < -0.4 is 5.43 Å². The summed E-state index contributed by atoms with van der Waals surface area (Å²) in [6.07, 6.45) is 0. The molecule has 0 radical (unpaired) electrons. The van der Waals surface area contributed by atoms with Crippen LogP contribution >= 0.6 is 0 Å². The van der Waals surface area contributed by atoms with E-state index in [-0.39, 0.29) is 6.61 Å². The molecule has 17 heavy (non-hydrogen) atoms. The van der Waals surface area contributed by atoms with Crippen LogP contribution in [0.2, 0.25) is 0 Å². The van der Waals surface area contributed by atoms with Gasteiger partial charge in [-0.3, -0.25) is 5.43 Å². The first-order valence-corrected chi connectivity index (χ1v) is 6.13. The third-order valence-electron chi connectivity index (χ3n) is 3.22. The number of nitrogens with zero attached hydrogens (tertiary/aromatic N) is 2. The molecule has 0 atom stereocenters. The van der Waals surface area contributed by atoms with Crippen LogP contribution in [0, 0.1) is 0 Å². The topological polar surface area (TPSA) is 38.7 Å². The van der Waals surface area contributed by atoms with E-state index >= 15 is 0 Å². The molecule has 0 saturated carbocycles. The largest absolute Gasteiger partial charge is 0.392 e. The van der Waals surface area contributed by atoms with Gasteiger partial charge in [0.15, 0.2) is 0 Å². The lowest BCUT2D eigenvalue weighted by Gasteiger charge is -2.32. The highest BCUT2D eigenvalue weighted by Crippen LogP contribution is 2.05. The normalized spacial score (nSPS) is 18.5. The fourth-order valence-corrected chi connectivity index (χ4v) is 1.93. The summed E-state index contributed by atoms with van der Waals surface area (Å²) in [4.78, 5) is 2.34. The maximum atomic E-state index is 8.96. The lowest BCUT2D eigenvalue weighted by molar-refractivity contribution is 0.102. The number of benzene rings is 1. The van der Waals surface area contributed by atoms with Crippen molar-refractivity contribution < 1.29 is 5.11 Å². The highest BCUT2D eigenvalue weighted by atomic mass is 16.3. The second kappa shape index (κ2) is 6.12. The van der Waals surface area contributed by atoms with E-state index in [1.54, 1.807) is 0 Å². The van der Waals surface area contributed by atoms with Gasteiger partial charge in [0.05, 0.1) is 6.61 Å². The van der Waals surface area contributed by atoms with Gasteiger partial charge in [0, 0.05) is 32.7 Å². The van der Waals surface area contributed by atoms with Crippen LogP contribution in [0.4, 0.5) is 0 Å². The van der Waals surface area contributed by atoms with Crippen LogP contribution in [0.3, 0.4) is 0 Å². The highest BCUT2D eigenvalue weighted by Gasteiger charge is 2.12. The minimum atomic E-state index is 0.117. The van der Waals surface area contributed by atoms with Gasteiger partial charge in [0.25, 0.3) is 0 Å². The van der Waals surface area contributed by atoms with Gasteiger partial charge in [-0.2, -0.15) is 0 Å². The molecule has 1 aliphatic heterocycles. The molecule has 1 heterocycles. The van der Waals surface area contributed by atoms with Crippen molar-refractivity contribution in [1.82, 2.24) is 15.3 Å². The first-order chi connectivity index (χ1) is 8.28. The molecule has 4 heteroatoms. The summed E-state index contributed by atoms with van der Waals surface area (Å²) in [6.45, 7) is 5.37. The molecule has 1 saturated heterocycles. The molecule has 1 aromatic carbocycles. The molecule has 1 aromatic rings. The van der Waals surface area contributed by atoms with Gasteiger partial charge < -0.3 is 10.0 Å². The molecular weight excluding hydrogens is 214 g/mol. The van der Waals surface area contributed by atoms with Crippen molar-refractivity contribution in [1.29, 1.82) is 0 Å². The standard InChI is InChI=1S/C13H21N3O/c1-15-6-8-16(9-7-15)14-10-12-2-4-13(11-17)5-3-12/h2-5,14,17H,6-11H2,1H3. The summed E-state index contributed by atoms with van der Waals surface area (Å²) in [5.74, 6) is 0. The summed E-state index contributed by atoms with van der Waals surface area (Å²) >= 11 is 0. The molecule has 0 unspecified atom stereocenters. The number of hydrogen-bond donors (Lipinski definition) is 2. The molecular formula is C13H21N3O. The number of hydrazine groups is 1. The summed E-state index contributed by atoms with van der Waals surface area (Å²) < 4.78 is 0. The van der Waals surface area contributed by atoms with Crippen molar-refractivity contribution in [2.75, 3.05) is 33.2 Å². The van der Waals surface area contributed by atoms with Crippen LogP contribution in [0.25, 0.3) is 0 Å². The number of nitrogens with one attached hydrogen (secondary N) is 1. The van der Waals surface area contributed by atoms with Gasteiger partial charge in [-0.05, 0) is 18.2 Å². The van der Waals surface area contributed by atoms with E-state index in [0.717, 1.165) is 38.3 Å². The van der Waals surface area contributed by atoms with Crippen LogP contribution in [0.5, 0.6) is 0 Å². The summed E-state index contributed by atoms with van der Waals surface area (Å²) in [7, 11) is 2.16. The lowest BCUT2D eigenvalue weighted by atomic mass is 10.1. The van der Waals surface area contributed by atoms with Gasteiger partial charge in [0.1, 0.15) is 0 Å². The predicted molar refractivity (Wildman–Crippen MR) is 68.3 cm³/mol. The maximum absolute atomic E-state index is 8.96. The van der Waals surface area contributed by atoms with Crippen molar-refractivity contribution in [3.8, 4) is 0 Å². The Balaban J connectivity index is 1.77. The van der Waals surface area contributed by atoms with E-state index in [4.69, 9.17) is 5.11 Å². The van der Waals surface area contributed by atoms with E-state index in [1.807, 2.05) is 12.1 Å². The molecule has 94 valence electrons. The number of piperazine rings is 1. The smallest absolute Gasteiger partial charge is 0.0681 e. The van der Waals surface area contributed by atoms with Gasteiger partial charge in [-0.1, -0.05) is 24.3 Å². The van der Waals surface area contributed by atoms with Crippen molar-refractivity contribution in [2.45, 2.75) is 13.2 Å². The Morgan fingerprint density at radius 2 is 1.65 bits per heavy atom. The van der Waals surface area contributed by atoms with E-state index in [0.29, 0.717) is 0 Å². The number of hydrogen-bond acceptors (Lipinski definition) is 4. The Kier molecular flexibility index (Phi) is 4.50. The predicted octanol–water partition coefficient (Wildman–Crippen LogP) is 0.431. The molecule has 2 N–H and O–H groups in total. The lowest BCUT2D eigenvalue weighted by Crippen LogP contribution is -2.50. The molecule has 1 fully saturated rings. The maximum Gasteiger partial charge on any atom is 0.0681 e. The Hall–Kier alpha value is -0.940. The monoisotopic (exact) mass is 235 g/mol. The van der Waals surface area contributed by atoms with Crippen molar-refractivity contribution >= 4 is 0 Å². The average Bonchev–Trinajstić information content (AvgIpc) is 2.39. The fourth-order valence-electron chi connectivity index (χ4n) is 1.93. The van der Waals surface area contributed by atoms with Crippen molar-refractivity contribution in [2.24, 2.45) is 0 Å². The van der Waals surface area contributed by atoms with E-state index in [2.05, 4.69) is 34.5 Å². The zero-order chi connectivity index (χ0) is 12.1. The van der Waals surface area contributed by atoms with Crippen LogP contribution in [0.15, 0.2) is 24.3 Å². The molecule has 2 rings (SSSR count). The van der Waals surface area contributed by atoms with E-state index in [1.165, 1.54) is 5.56 Å². The second-order valence-electron chi connectivity index (χ2n) is 4.60. The Bertz CT molecular complexity index is 331. The molecule has 4 nitrogen and oxygen atoms in total. The Labute approximate surface area is 103 Å². The molecule has 0 amide bonds. The third-order valence-corrected chi connectivity index (χ3v) is 3.22.